The number of carbonyl (C=O) groups is 1. The van der Waals surface area contributed by atoms with Gasteiger partial charge in [0.2, 0.25) is 5.95 Å². The van der Waals surface area contributed by atoms with Gasteiger partial charge < -0.3 is 10.5 Å². The highest BCUT2D eigenvalue weighted by Gasteiger charge is 2.13. The molecule has 6 heteroatoms. The molecule has 1 aromatic rings. The Morgan fingerprint density at radius 3 is 3.00 bits per heavy atom. The van der Waals surface area contributed by atoms with E-state index in [0.29, 0.717) is 12.3 Å². The Kier molecular flexibility index (Phi) is 3.64. The van der Waals surface area contributed by atoms with Gasteiger partial charge in [-0.15, -0.1) is 11.6 Å². The van der Waals surface area contributed by atoms with Crippen molar-refractivity contribution in [2.24, 2.45) is 0 Å². The highest BCUT2D eigenvalue weighted by atomic mass is 35.5. The Morgan fingerprint density at radius 2 is 2.43 bits per heavy atom. The lowest BCUT2D eigenvalue weighted by molar-refractivity contribution is 0.0524. The summed E-state index contributed by atoms with van der Waals surface area (Å²) in [6.45, 7) is 2.02. The molecule has 2 N–H and O–H groups in total. The van der Waals surface area contributed by atoms with Crippen molar-refractivity contribution >= 4 is 23.5 Å². The van der Waals surface area contributed by atoms with Gasteiger partial charge in [-0.2, -0.15) is 0 Å². The van der Waals surface area contributed by atoms with E-state index in [4.69, 9.17) is 22.1 Å². The van der Waals surface area contributed by atoms with Gasteiger partial charge in [-0.25, -0.2) is 14.8 Å². The van der Waals surface area contributed by atoms with Crippen LogP contribution in [-0.2, 0) is 10.6 Å². The summed E-state index contributed by atoms with van der Waals surface area (Å²) in [7, 11) is 0. The number of hydrogen-bond acceptors (Lipinski definition) is 5. The molecule has 0 saturated carbocycles. The van der Waals surface area contributed by atoms with Crippen LogP contribution in [0.15, 0.2) is 6.20 Å². The van der Waals surface area contributed by atoms with Crippen LogP contribution in [0.25, 0.3) is 0 Å². The second-order valence-corrected chi connectivity index (χ2v) is 2.71. The summed E-state index contributed by atoms with van der Waals surface area (Å²) in [5.74, 6) is -0.294. The summed E-state index contributed by atoms with van der Waals surface area (Å²) in [5.41, 5.74) is 5.99. The molecule has 1 rings (SSSR count). The molecule has 1 heterocycles. The van der Waals surface area contributed by atoms with Crippen molar-refractivity contribution in [1.82, 2.24) is 9.97 Å². The average molecular weight is 216 g/mol. The number of ether oxygens (including phenoxy) is 1. The van der Waals surface area contributed by atoms with E-state index in [9.17, 15) is 4.79 Å². The van der Waals surface area contributed by atoms with Crippen LogP contribution in [0.2, 0.25) is 0 Å². The Morgan fingerprint density at radius 1 is 1.71 bits per heavy atom. The third kappa shape index (κ3) is 2.32. The van der Waals surface area contributed by atoms with E-state index in [-0.39, 0.29) is 17.4 Å². The van der Waals surface area contributed by atoms with Gasteiger partial charge in [0.25, 0.3) is 0 Å². The smallest absolute Gasteiger partial charge is 0.341 e. The lowest BCUT2D eigenvalue weighted by Gasteiger charge is -2.05. The van der Waals surface area contributed by atoms with Gasteiger partial charge >= 0.3 is 5.97 Å². The van der Waals surface area contributed by atoms with Crippen molar-refractivity contribution in [2.45, 2.75) is 12.8 Å². The topological polar surface area (TPSA) is 78.1 Å². The Bertz CT molecular complexity index is 343. The SMILES string of the molecule is CCOC(=O)c1cnc(N)nc1CCl. The van der Waals surface area contributed by atoms with E-state index < -0.39 is 5.97 Å². The predicted octanol–water partition coefficient (Wildman–Crippen LogP) is 0.974. The number of nitrogens with zero attached hydrogens (tertiary/aromatic N) is 2. The molecule has 0 aliphatic rings. The number of rotatable bonds is 3. The highest BCUT2D eigenvalue weighted by molar-refractivity contribution is 6.17. The maximum absolute atomic E-state index is 11.3. The summed E-state index contributed by atoms with van der Waals surface area (Å²) in [6.07, 6.45) is 1.32. The van der Waals surface area contributed by atoms with Crippen molar-refractivity contribution in [3.8, 4) is 0 Å². The maximum Gasteiger partial charge on any atom is 0.341 e. The molecule has 1 aromatic heterocycles. The minimum Gasteiger partial charge on any atom is -0.462 e. The number of carbonyl (C=O) groups excluding carboxylic acids is 1. The summed E-state index contributed by atoms with van der Waals surface area (Å²) < 4.78 is 4.79. The third-order valence-electron chi connectivity index (χ3n) is 1.51. The molecule has 0 radical (unpaired) electrons. The fraction of sp³-hybridized carbons (Fsp3) is 0.375. The van der Waals surface area contributed by atoms with E-state index in [1.807, 2.05) is 0 Å². The van der Waals surface area contributed by atoms with Crippen molar-refractivity contribution in [1.29, 1.82) is 0 Å². The van der Waals surface area contributed by atoms with Gasteiger partial charge in [-0.3, -0.25) is 0 Å². The fourth-order valence-corrected chi connectivity index (χ4v) is 1.12. The zero-order chi connectivity index (χ0) is 10.6. The van der Waals surface area contributed by atoms with E-state index in [1.54, 1.807) is 6.92 Å². The van der Waals surface area contributed by atoms with Crippen LogP contribution in [-0.4, -0.2) is 22.5 Å². The monoisotopic (exact) mass is 215 g/mol. The van der Waals surface area contributed by atoms with Gasteiger partial charge in [0.15, 0.2) is 0 Å². The van der Waals surface area contributed by atoms with Crippen molar-refractivity contribution in [2.75, 3.05) is 12.3 Å². The fourth-order valence-electron chi connectivity index (χ4n) is 0.914. The molecule has 0 aliphatic heterocycles. The molecule has 0 atom stereocenters. The molecular formula is C8H10ClN3O2. The van der Waals surface area contributed by atoms with Gasteiger partial charge in [-0.05, 0) is 6.92 Å². The van der Waals surface area contributed by atoms with Crippen molar-refractivity contribution in [3.63, 3.8) is 0 Å². The molecule has 0 aliphatic carbocycles. The molecule has 0 aromatic carbocycles. The minimum absolute atomic E-state index is 0.0914. The molecule has 76 valence electrons. The zero-order valence-corrected chi connectivity index (χ0v) is 8.41. The number of esters is 1. The summed E-state index contributed by atoms with van der Waals surface area (Å²) >= 11 is 5.59. The number of nitrogen functional groups attached to an aromatic ring is 1. The standard InChI is InChI=1S/C8H10ClN3O2/c1-2-14-7(13)5-4-11-8(10)12-6(5)3-9/h4H,2-3H2,1H3,(H2,10,11,12). The van der Waals surface area contributed by atoms with Gasteiger partial charge in [0.1, 0.15) is 5.56 Å². The molecule has 0 unspecified atom stereocenters. The quantitative estimate of drug-likeness (QED) is 0.601. The first kappa shape index (κ1) is 10.7. The molecule has 5 nitrogen and oxygen atoms in total. The first-order valence-corrected chi connectivity index (χ1v) is 4.57. The van der Waals surface area contributed by atoms with Gasteiger partial charge in [0, 0.05) is 6.20 Å². The number of anilines is 1. The average Bonchev–Trinajstić information content (AvgIpc) is 2.17. The van der Waals surface area contributed by atoms with Gasteiger partial charge in [0.05, 0.1) is 18.2 Å². The number of aromatic nitrogens is 2. The molecule has 14 heavy (non-hydrogen) atoms. The summed E-state index contributed by atoms with van der Waals surface area (Å²) in [6, 6.07) is 0. The van der Waals surface area contributed by atoms with Crippen LogP contribution < -0.4 is 5.73 Å². The van der Waals surface area contributed by atoms with Gasteiger partial charge in [-0.1, -0.05) is 0 Å². The molecule has 0 fully saturated rings. The number of nitrogens with two attached hydrogens (primary N) is 1. The Balaban J connectivity index is 3.01. The molecule has 0 bridgehead atoms. The molecule has 0 saturated heterocycles. The second-order valence-electron chi connectivity index (χ2n) is 2.44. The van der Waals surface area contributed by atoms with E-state index >= 15 is 0 Å². The molecule has 0 spiro atoms. The van der Waals surface area contributed by atoms with Crippen molar-refractivity contribution in [3.05, 3.63) is 17.5 Å². The van der Waals surface area contributed by atoms with Crippen LogP contribution in [0.4, 0.5) is 5.95 Å². The van der Waals surface area contributed by atoms with Crippen LogP contribution >= 0.6 is 11.6 Å². The highest BCUT2D eigenvalue weighted by Crippen LogP contribution is 2.10. The van der Waals surface area contributed by atoms with Crippen LogP contribution in [0.5, 0.6) is 0 Å². The van der Waals surface area contributed by atoms with E-state index in [1.165, 1.54) is 6.20 Å². The molecular weight excluding hydrogens is 206 g/mol. The minimum atomic E-state index is -0.483. The van der Waals surface area contributed by atoms with Crippen molar-refractivity contribution < 1.29 is 9.53 Å². The second kappa shape index (κ2) is 4.76. The normalized spacial score (nSPS) is 9.86. The van der Waals surface area contributed by atoms with E-state index in [0.717, 1.165) is 0 Å². The van der Waals surface area contributed by atoms with Crippen LogP contribution in [0.3, 0.4) is 0 Å². The lowest BCUT2D eigenvalue weighted by Crippen LogP contribution is -2.11. The summed E-state index contributed by atoms with van der Waals surface area (Å²) in [4.78, 5) is 18.9. The van der Waals surface area contributed by atoms with E-state index in [2.05, 4.69) is 9.97 Å². The zero-order valence-electron chi connectivity index (χ0n) is 7.66. The predicted molar refractivity (Wildman–Crippen MR) is 52.0 cm³/mol. The Hall–Kier alpha value is -1.36. The van der Waals surface area contributed by atoms with Crippen LogP contribution in [0, 0.1) is 0 Å². The van der Waals surface area contributed by atoms with Crippen LogP contribution in [0.1, 0.15) is 23.0 Å². The molecule has 0 amide bonds. The Labute approximate surface area is 86.2 Å². The number of alkyl halides is 1. The third-order valence-corrected chi connectivity index (χ3v) is 1.76. The first-order valence-electron chi connectivity index (χ1n) is 4.03. The maximum atomic E-state index is 11.3. The largest absolute Gasteiger partial charge is 0.462 e. The number of hydrogen-bond donors (Lipinski definition) is 1. The first-order chi connectivity index (χ1) is 6.69. The lowest BCUT2D eigenvalue weighted by atomic mass is 10.2. The summed E-state index contributed by atoms with van der Waals surface area (Å²) in [5, 5.41) is 0. The number of halogens is 1.